The van der Waals surface area contributed by atoms with Crippen molar-refractivity contribution >= 4 is 43.5 Å². The summed E-state index contributed by atoms with van der Waals surface area (Å²) in [5, 5.41) is 6.06. The highest BCUT2D eigenvalue weighted by atomic mass is 31.2. The van der Waals surface area contributed by atoms with Crippen molar-refractivity contribution in [3.05, 3.63) is 132 Å². The van der Waals surface area contributed by atoms with Gasteiger partial charge >= 0.3 is 31.7 Å². The van der Waals surface area contributed by atoms with Gasteiger partial charge in [0.25, 0.3) is 0 Å². The second kappa shape index (κ2) is 74.9. The molecule has 0 saturated carbocycles. The minimum Gasteiger partial charge on any atom is -0.462 e. The number of carbonyl (C=O) groups excluding carboxylic acids is 6. The Balaban J connectivity index is 1.64. The molecule has 5 rings (SSSR count). The van der Waals surface area contributed by atoms with Crippen LogP contribution in [0.3, 0.4) is 0 Å². The highest BCUT2D eigenvalue weighted by Gasteiger charge is 2.55. The van der Waals surface area contributed by atoms with Gasteiger partial charge in [0, 0.05) is 19.3 Å². The van der Waals surface area contributed by atoms with E-state index in [1.165, 1.54) is 148 Å². The van der Waals surface area contributed by atoms with Crippen LogP contribution in [-0.4, -0.2) is 105 Å². The normalized spacial score (nSPS) is 15.8. The van der Waals surface area contributed by atoms with Crippen LogP contribution < -0.4 is 19.7 Å². The van der Waals surface area contributed by atoms with Gasteiger partial charge < -0.3 is 57.6 Å². The van der Waals surface area contributed by atoms with Crippen LogP contribution in [-0.2, 0) is 89.0 Å². The van der Waals surface area contributed by atoms with Crippen LogP contribution >= 0.6 is 7.82 Å². The zero-order valence-electron chi connectivity index (χ0n) is 79.5. The number of amides is 2. The van der Waals surface area contributed by atoms with Crippen LogP contribution in [0.25, 0.3) is 0 Å². The first-order valence-corrected chi connectivity index (χ1v) is 52.3. The largest absolute Gasteiger partial charge is 0.588 e. The molecule has 127 heavy (non-hydrogen) atoms. The van der Waals surface area contributed by atoms with Crippen molar-refractivity contribution < 1.29 is 84.8 Å². The van der Waals surface area contributed by atoms with E-state index in [-0.39, 0.29) is 57.2 Å². The highest BCUT2D eigenvalue weighted by Crippen LogP contribution is 2.53. The fourth-order valence-corrected chi connectivity index (χ4v) is 17.8. The standard InChI is InChI=1S/C106H171N2O18P/c1-6-11-16-21-26-31-34-39-44-49-66-79-97(109)107-95(105(114)118-85-90-71-58-53-59-72-90)86-119-106-102(108-98(110)82-93(77-60-47-42-37-29-24-19-14-9-4)120-99(111)80-67-50-45-40-35-32-27-22-17-12-7-2)104(123-101(113)83-94(78-61-48-43-38-30-25-20-15-10-5)121-100(112)81-68-51-46-41-36-33-28-23-18-13-8-3)103(96(122-106)87-117-88-116-84-89-69-56-52-57-70-89)126-127(115,124-91-73-62-54-63-74-91)125-92-75-64-55-65-76-92/h52-59,62-65,69-76,93-96,102-104,106H,6-51,60-61,66-68,77-88H2,1-5H3,(H,107,109)(H,108,110)/t93-,94-,95+,96-,102-,103-,104-,106-/m1/s1. The molecule has 0 aliphatic carbocycles. The Labute approximate surface area is 767 Å². The number of unbranched alkanes of at least 4 members (excludes halogenated alkanes) is 46. The Morgan fingerprint density at radius 1 is 0.378 bits per heavy atom. The highest BCUT2D eigenvalue weighted by molar-refractivity contribution is 7.49. The van der Waals surface area contributed by atoms with Crippen LogP contribution in [0.1, 0.15) is 418 Å². The van der Waals surface area contributed by atoms with Crippen molar-refractivity contribution in [2.75, 3.05) is 20.0 Å². The van der Waals surface area contributed by atoms with Crippen LogP contribution in [0.5, 0.6) is 11.5 Å². The number of nitrogens with one attached hydrogen (secondary N) is 2. The van der Waals surface area contributed by atoms with Crippen LogP contribution in [0.4, 0.5) is 0 Å². The number of phosphoric ester groups is 1. The SMILES string of the molecule is CCCCCCCCCCCCCC(=O)N[C@@H](CO[C@@H]1O[C@H](COCOCc2ccccc2)[C@@H](OP(=O)(Oc2ccccc2)Oc2ccccc2)[C@H](OC(=O)C[C@@H](CCCCCCCCCCC)OC(=O)CCCCCCCCCCCCC)[C@H]1NC(=O)C[C@@H](CCCCCCCCCCC)OC(=O)CCCCCCCCCCCCC)C(=O)OCc1ccccc1. The van der Waals surface area contributed by atoms with E-state index in [9.17, 15) is 19.2 Å². The van der Waals surface area contributed by atoms with Crippen LogP contribution in [0.15, 0.2) is 121 Å². The molecule has 0 unspecified atom stereocenters. The number of esters is 4. The zero-order chi connectivity index (χ0) is 90.8. The summed E-state index contributed by atoms with van der Waals surface area (Å²) in [5.74, 6) is -3.47. The van der Waals surface area contributed by atoms with E-state index in [0.29, 0.717) is 50.5 Å². The smallest absolute Gasteiger partial charge is 0.462 e. The van der Waals surface area contributed by atoms with Gasteiger partial charge in [0.15, 0.2) is 18.4 Å². The maximum absolute atomic E-state index is 16.3. The van der Waals surface area contributed by atoms with Gasteiger partial charge in [-0.25, -0.2) is 9.36 Å². The lowest BCUT2D eigenvalue weighted by atomic mass is 9.95. The molecule has 20 nitrogen and oxygen atoms in total. The summed E-state index contributed by atoms with van der Waals surface area (Å²) < 4.78 is 88.1. The van der Waals surface area contributed by atoms with Gasteiger partial charge in [-0.1, -0.05) is 427 Å². The molecule has 1 saturated heterocycles. The van der Waals surface area contributed by atoms with Crippen LogP contribution in [0, 0.1) is 0 Å². The summed E-state index contributed by atoms with van der Waals surface area (Å²) in [6.07, 6.45) is 46.7. The van der Waals surface area contributed by atoms with E-state index in [0.717, 1.165) is 153 Å². The summed E-state index contributed by atoms with van der Waals surface area (Å²) >= 11 is 0. The van der Waals surface area contributed by atoms with E-state index in [1.807, 2.05) is 60.7 Å². The molecule has 1 aliphatic rings. The summed E-state index contributed by atoms with van der Waals surface area (Å²) in [5.41, 5.74) is 1.56. The monoisotopic (exact) mass is 1790 g/mol. The van der Waals surface area contributed by atoms with Crippen molar-refractivity contribution in [2.24, 2.45) is 0 Å². The number of hydrogen-bond donors (Lipinski definition) is 2. The van der Waals surface area contributed by atoms with Crippen LogP contribution in [0.2, 0.25) is 0 Å². The molecule has 1 fully saturated rings. The van der Waals surface area contributed by atoms with E-state index in [1.54, 1.807) is 60.7 Å². The number of benzene rings is 4. The molecule has 0 aromatic heterocycles. The molecule has 4 aromatic rings. The van der Waals surface area contributed by atoms with Gasteiger partial charge in [0.2, 0.25) is 11.8 Å². The molecule has 1 heterocycles. The molecule has 718 valence electrons. The van der Waals surface area contributed by atoms with Crippen molar-refractivity contribution in [2.45, 2.75) is 469 Å². The molecule has 1 aliphatic heterocycles. The number of ether oxygens (including phenoxy) is 8. The van der Waals surface area contributed by atoms with Crippen molar-refractivity contribution in [3.8, 4) is 11.5 Å². The Kier molecular flexibility index (Phi) is 65.4. The van der Waals surface area contributed by atoms with Gasteiger partial charge in [0.05, 0.1) is 32.7 Å². The van der Waals surface area contributed by atoms with Crippen molar-refractivity contribution in [1.29, 1.82) is 0 Å². The fourth-order valence-electron chi connectivity index (χ4n) is 16.4. The van der Waals surface area contributed by atoms with Gasteiger partial charge in [-0.05, 0) is 80.3 Å². The van der Waals surface area contributed by atoms with E-state index < -0.39 is 112 Å². The van der Waals surface area contributed by atoms with Crippen molar-refractivity contribution in [1.82, 2.24) is 10.6 Å². The minimum atomic E-state index is -5.08. The fraction of sp³-hybridized carbons (Fsp3) is 0.717. The Hall–Kier alpha value is -6.67. The topological polar surface area (TPSA) is 245 Å². The maximum Gasteiger partial charge on any atom is 0.588 e. The summed E-state index contributed by atoms with van der Waals surface area (Å²) in [6.45, 7) is 9.75. The molecule has 0 radical (unpaired) electrons. The van der Waals surface area contributed by atoms with E-state index in [2.05, 4.69) is 45.3 Å². The van der Waals surface area contributed by atoms with Gasteiger partial charge in [0.1, 0.15) is 55.4 Å². The van der Waals surface area contributed by atoms with Gasteiger partial charge in [-0.3, -0.25) is 28.5 Å². The molecule has 0 bridgehead atoms. The predicted octanol–water partition coefficient (Wildman–Crippen LogP) is 27.7. The first kappa shape index (κ1) is 111. The second-order valence-electron chi connectivity index (χ2n) is 35.5. The molecule has 0 spiro atoms. The lowest BCUT2D eigenvalue weighted by molar-refractivity contribution is -0.277. The molecule has 8 atom stereocenters. The van der Waals surface area contributed by atoms with Gasteiger partial charge in [-0.15, -0.1) is 0 Å². The average Bonchev–Trinajstić information content (AvgIpc) is 0.769. The third-order valence-electron chi connectivity index (χ3n) is 23.9. The van der Waals surface area contributed by atoms with E-state index in [4.69, 9.17) is 51.5 Å². The molecule has 4 aromatic carbocycles. The Morgan fingerprint density at radius 3 is 1.13 bits per heavy atom. The maximum atomic E-state index is 16.3. The first-order valence-electron chi connectivity index (χ1n) is 50.9. The quantitative estimate of drug-likeness (QED) is 0.0137. The molecule has 2 amide bonds. The Morgan fingerprint density at radius 2 is 0.732 bits per heavy atom. The summed E-state index contributed by atoms with van der Waals surface area (Å²) in [6, 6.07) is 32.2. The molecule has 2 N–H and O–H groups in total. The predicted molar refractivity (Wildman–Crippen MR) is 509 cm³/mol. The molecule has 21 heteroatoms. The lowest BCUT2D eigenvalue weighted by Crippen LogP contribution is -2.67. The number of para-hydroxylation sites is 2. The number of hydrogen-bond acceptors (Lipinski definition) is 18. The number of phosphoric acid groups is 1. The lowest BCUT2D eigenvalue weighted by Gasteiger charge is -2.46. The minimum absolute atomic E-state index is 0.0846. The molecular weight excluding hydrogens is 1620 g/mol. The number of carbonyl (C=O) groups is 6. The van der Waals surface area contributed by atoms with Gasteiger partial charge in [-0.2, -0.15) is 0 Å². The molecular formula is C106H171N2O18P. The first-order chi connectivity index (χ1) is 62.2. The third-order valence-corrected chi connectivity index (χ3v) is 25.3. The third kappa shape index (κ3) is 56.0. The Bertz CT molecular complexity index is 3350. The van der Waals surface area contributed by atoms with Crippen molar-refractivity contribution in [3.63, 3.8) is 0 Å². The summed E-state index contributed by atoms with van der Waals surface area (Å²) in [7, 11) is -5.08. The number of rotatable bonds is 83. The zero-order valence-corrected chi connectivity index (χ0v) is 80.4. The summed E-state index contributed by atoms with van der Waals surface area (Å²) in [4.78, 5) is 89.3. The average molecular weight is 1790 g/mol. The van der Waals surface area contributed by atoms with E-state index >= 15 is 14.2 Å². The second-order valence-corrected chi connectivity index (χ2v) is 37.0.